The average Bonchev–Trinajstić information content (AvgIpc) is 3.07. The largest absolute Gasteiger partial charge is 0.317 e. The van der Waals surface area contributed by atoms with Gasteiger partial charge in [-0.05, 0) is 12.1 Å². The fraction of sp³-hybridized carbons (Fsp3) is 0.0526. The van der Waals surface area contributed by atoms with Crippen molar-refractivity contribution in [2.45, 2.75) is 0 Å². The number of rotatable bonds is 1. The molecule has 2 heterocycles. The molecule has 0 spiro atoms. The highest BCUT2D eigenvalue weighted by Gasteiger charge is 2.17. The van der Waals surface area contributed by atoms with Gasteiger partial charge in [0.1, 0.15) is 0 Å². The van der Waals surface area contributed by atoms with Crippen molar-refractivity contribution in [3.05, 3.63) is 67.3 Å². The van der Waals surface area contributed by atoms with Gasteiger partial charge in [0, 0.05) is 36.2 Å². The Morgan fingerprint density at radius 3 is 1.61 bits per heavy atom. The second-order valence-electron chi connectivity index (χ2n) is 5.16. The number of imide groups is 1. The van der Waals surface area contributed by atoms with Gasteiger partial charge in [0.05, 0.1) is 11.0 Å². The predicted molar refractivity (Wildman–Crippen MR) is 92.7 cm³/mol. The van der Waals surface area contributed by atoms with Crippen LogP contribution in [0.15, 0.2) is 67.3 Å². The first-order valence-electron chi connectivity index (χ1n) is 7.23. The van der Waals surface area contributed by atoms with Gasteiger partial charge in [-0.1, -0.05) is 43.0 Å². The minimum Gasteiger partial charge on any atom is -0.317 e. The molecule has 0 fully saturated rings. The maximum Gasteiger partial charge on any atom is 0.253 e. The number of aromatic nitrogens is 1. The average molecular weight is 304 g/mol. The van der Waals surface area contributed by atoms with Crippen LogP contribution in [0.1, 0.15) is 0 Å². The van der Waals surface area contributed by atoms with Crippen LogP contribution in [-0.2, 0) is 9.59 Å². The minimum absolute atomic E-state index is 0.241. The zero-order chi connectivity index (χ0) is 16.4. The van der Waals surface area contributed by atoms with E-state index in [9.17, 15) is 9.59 Å². The third-order valence-electron chi connectivity index (χ3n) is 3.83. The molecule has 4 heteroatoms. The molecule has 4 nitrogen and oxygen atoms in total. The van der Waals surface area contributed by atoms with Gasteiger partial charge in [0.25, 0.3) is 11.8 Å². The number of hydrogen-bond donors (Lipinski definition) is 0. The van der Waals surface area contributed by atoms with Crippen LogP contribution >= 0.6 is 0 Å². The van der Waals surface area contributed by atoms with Crippen molar-refractivity contribution >= 4 is 39.8 Å². The fourth-order valence-corrected chi connectivity index (χ4v) is 2.62. The number of benzene rings is 2. The van der Waals surface area contributed by atoms with Gasteiger partial charge in [-0.3, -0.25) is 14.5 Å². The highest BCUT2D eigenvalue weighted by atomic mass is 16.2. The van der Waals surface area contributed by atoms with E-state index in [1.807, 2.05) is 6.20 Å². The molecule has 0 bridgehead atoms. The monoisotopic (exact) mass is 304 g/mol. The number of fused-ring (bicyclic) bond motifs is 3. The SMILES string of the molecule is C=Cn1c2ccccc2c2ccccc21.CN1C(=O)C=CC1=O. The van der Waals surface area contributed by atoms with Gasteiger partial charge in [-0.25, -0.2) is 0 Å². The third-order valence-corrected chi connectivity index (χ3v) is 3.83. The second-order valence-corrected chi connectivity index (χ2v) is 5.16. The molecule has 0 unspecified atom stereocenters. The molecule has 1 aliphatic heterocycles. The highest BCUT2D eigenvalue weighted by molar-refractivity contribution is 6.12. The molecule has 0 aliphatic carbocycles. The van der Waals surface area contributed by atoms with E-state index in [1.54, 1.807) is 0 Å². The summed E-state index contributed by atoms with van der Waals surface area (Å²) in [5.41, 5.74) is 2.43. The van der Waals surface area contributed by atoms with E-state index in [1.165, 1.54) is 41.0 Å². The van der Waals surface area contributed by atoms with E-state index < -0.39 is 0 Å². The van der Waals surface area contributed by atoms with Crippen LogP contribution in [0.3, 0.4) is 0 Å². The molecule has 1 aliphatic rings. The topological polar surface area (TPSA) is 42.3 Å². The van der Waals surface area contributed by atoms with Gasteiger partial charge >= 0.3 is 0 Å². The van der Waals surface area contributed by atoms with Crippen LogP contribution in [0, 0.1) is 0 Å². The van der Waals surface area contributed by atoms with Crippen LogP contribution in [0.25, 0.3) is 28.0 Å². The second kappa shape index (κ2) is 5.93. The molecule has 4 rings (SSSR count). The van der Waals surface area contributed by atoms with Crippen LogP contribution in [0.5, 0.6) is 0 Å². The van der Waals surface area contributed by atoms with Crippen LogP contribution in [-0.4, -0.2) is 28.3 Å². The lowest BCUT2D eigenvalue weighted by Crippen LogP contribution is -2.24. The predicted octanol–water partition coefficient (Wildman–Crippen LogP) is 3.44. The van der Waals surface area contributed by atoms with Crippen molar-refractivity contribution in [1.29, 1.82) is 0 Å². The summed E-state index contributed by atoms with van der Waals surface area (Å²) in [6.07, 6.45) is 4.37. The Balaban J connectivity index is 0.000000166. The zero-order valence-corrected chi connectivity index (χ0v) is 12.8. The van der Waals surface area contributed by atoms with Gasteiger partial charge in [-0.2, -0.15) is 0 Å². The minimum atomic E-state index is -0.241. The highest BCUT2D eigenvalue weighted by Crippen LogP contribution is 2.28. The van der Waals surface area contributed by atoms with E-state index in [0.29, 0.717) is 0 Å². The molecule has 0 N–H and O–H groups in total. The number of amides is 2. The summed E-state index contributed by atoms with van der Waals surface area (Å²) in [4.78, 5) is 21.9. The lowest BCUT2D eigenvalue weighted by Gasteiger charge is -2.01. The quantitative estimate of drug-likeness (QED) is 0.646. The Labute approximate surface area is 133 Å². The van der Waals surface area contributed by atoms with E-state index in [2.05, 4.69) is 59.7 Å². The Hall–Kier alpha value is -3.14. The standard InChI is InChI=1S/C14H11N.C5H5NO2/c1-2-15-13-9-5-3-7-11(13)12-8-4-6-10-14(12)15;1-6-4(7)2-3-5(6)8/h2-10H,1H2;2-3H,1H3. The Kier molecular flexibility index (Phi) is 3.81. The van der Waals surface area contributed by atoms with E-state index >= 15 is 0 Å². The van der Waals surface area contributed by atoms with Crippen molar-refractivity contribution in [2.75, 3.05) is 7.05 Å². The lowest BCUT2D eigenvalue weighted by molar-refractivity contribution is -0.135. The summed E-state index contributed by atoms with van der Waals surface area (Å²) in [6, 6.07) is 16.8. The summed E-state index contributed by atoms with van der Waals surface area (Å²) in [6.45, 7) is 3.87. The Morgan fingerprint density at radius 2 is 1.26 bits per heavy atom. The number of likely N-dealkylation sites (N-methyl/N-ethyl adjacent to an activating group) is 1. The number of para-hydroxylation sites is 2. The van der Waals surface area contributed by atoms with Gasteiger partial charge in [-0.15, -0.1) is 0 Å². The van der Waals surface area contributed by atoms with Gasteiger partial charge in [0.15, 0.2) is 0 Å². The summed E-state index contributed by atoms with van der Waals surface area (Å²) >= 11 is 0. The van der Waals surface area contributed by atoms with Gasteiger partial charge < -0.3 is 4.57 Å². The number of nitrogens with zero attached hydrogens (tertiary/aromatic N) is 2. The van der Waals surface area contributed by atoms with Crippen molar-refractivity contribution < 1.29 is 9.59 Å². The summed E-state index contributed by atoms with van der Waals surface area (Å²) in [5.74, 6) is -0.481. The molecule has 3 aromatic rings. The maximum atomic E-state index is 10.4. The van der Waals surface area contributed by atoms with E-state index in [4.69, 9.17) is 0 Å². The molecule has 0 saturated heterocycles. The summed E-state index contributed by atoms with van der Waals surface area (Å²) in [5, 5.41) is 2.57. The van der Waals surface area contributed by atoms with Crippen molar-refractivity contribution in [3.63, 3.8) is 0 Å². The molecule has 23 heavy (non-hydrogen) atoms. The molecule has 2 aromatic carbocycles. The van der Waals surface area contributed by atoms with Crippen molar-refractivity contribution in [3.8, 4) is 0 Å². The molecule has 0 saturated carbocycles. The lowest BCUT2D eigenvalue weighted by atomic mass is 10.2. The smallest absolute Gasteiger partial charge is 0.253 e. The van der Waals surface area contributed by atoms with Crippen molar-refractivity contribution in [1.82, 2.24) is 9.47 Å². The molecular formula is C19H16N2O2. The first-order chi connectivity index (χ1) is 11.1. The zero-order valence-electron chi connectivity index (χ0n) is 12.8. The number of carbonyl (C=O) groups excluding carboxylic acids is 2. The molecule has 1 aromatic heterocycles. The third kappa shape index (κ3) is 2.55. The first-order valence-corrected chi connectivity index (χ1v) is 7.23. The van der Waals surface area contributed by atoms with Crippen LogP contribution in [0.2, 0.25) is 0 Å². The van der Waals surface area contributed by atoms with Crippen LogP contribution in [0.4, 0.5) is 0 Å². The summed E-state index contributed by atoms with van der Waals surface area (Å²) in [7, 11) is 1.45. The molecular weight excluding hydrogens is 288 g/mol. The molecule has 0 radical (unpaired) electrons. The Morgan fingerprint density at radius 1 is 0.826 bits per heavy atom. The first kappa shape index (κ1) is 14.8. The normalized spacial score (nSPS) is 13.5. The van der Waals surface area contributed by atoms with Gasteiger partial charge in [0.2, 0.25) is 0 Å². The van der Waals surface area contributed by atoms with E-state index in [-0.39, 0.29) is 11.8 Å². The number of carbonyl (C=O) groups is 2. The fourth-order valence-electron chi connectivity index (χ4n) is 2.62. The molecule has 114 valence electrons. The molecule has 0 atom stereocenters. The number of hydrogen-bond acceptors (Lipinski definition) is 2. The van der Waals surface area contributed by atoms with E-state index in [0.717, 1.165) is 4.90 Å². The van der Waals surface area contributed by atoms with Crippen molar-refractivity contribution in [2.24, 2.45) is 0 Å². The van der Waals surface area contributed by atoms with Crippen LogP contribution < -0.4 is 0 Å². The maximum absolute atomic E-state index is 10.4. The molecule has 2 amide bonds. The summed E-state index contributed by atoms with van der Waals surface area (Å²) < 4.78 is 2.13. The Bertz CT molecular complexity index is 879.